The average molecular weight is 773 g/mol. The third kappa shape index (κ3) is 9.08. The molecule has 0 radical (unpaired) electrons. The molecule has 2 saturated heterocycles. The molecule has 2 aliphatic heterocycles. The highest BCUT2D eigenvalue weighted by molar-refractivity contribution is 7.71. The van der Waals surface area contributed by atoms with Crippen LogP contribution in [0.5, 0.6) is 0 Å². The van der Waals surface area contributed by atoms with Crippen LogP contribution in [0.1, 0.15) is 18.9 Å². The Kier molecular flexibility index (Phi) is 11.7. The van der Waals surface area contributed by atoms with E-state index in [0.717, 1.165) is 23.0 Å². The molecule has 4 heterocycles. The van der Waals surface area contributed by atoms with Gasteiger partial charge in [0.1, 0.15) is 30.4 Å². The van der Waals surface area contributed by atoms with E-state index < -0.39 is 98.0 Å². The van der Waals surface area contributed by atoms with Gasteiger partial charge in [0, 0.05) is 39.1 Å². The van der Waals surface area contributed by atoms with Gasteiger partial charge < -0.3 is 40.3 Å². The number of ether oxygens (including phenoxy) is 2. The monoisotopic (exact) mass is 773 g/mol. The number of phosphoric ester groups is 2. The first kappa shape index (κ1) is 38.5. The van der Waals surface area contributed by atoms with Gasteiger partial charge in [-0.15, -0.1) is 0 Å². The standard InChI is InChI=1S/C18H27N5O21P4/c1-36-46(33,40-15-8(24)7-11(38-15)22-5-3-9(19)20-17(22)28)43-48(35,42-45(30,31)32)44-47(34,37-2)41-16-13(27)12(26)14(39-16)23-6-4-10(25)21-18(23)29/h3-6,8,11-16,24,26-27H,7H2,1-2H3,(H2,19,20,28)(H,21,25,29)(H2,30,31,32)/t8-,11+,12+,13-,14+,15?,16+,46?,47?,48?/m0/s1. The van der Waals surface area contributed by atoms with Crippen LogP contribution in [0.25, 0.3) is 0 Å². The maximum Gasteiger partial charge on any atom is 0.501 e. The van der Waals surface area contributed by atoms with E-state index >= 15 is 0 Å². The Balaban J connectivity index is 1.55. The fraction of sp³-hybridized carbons (Fsp3) is 0.556. The number of rotatable bonds is 14. The van der Waals surface area contributed by atoms with Crippen LogP contribution in [0.3, 0.4) is 0 Å². The number of H-pyrrole nitrogens is 1. The number of hydrogen-bond acceptors (Lipinski definition) is 21. The fourth-order valence-electron chi connectivity index (χ4n) is 3.98. The maximum absolute atomic E-state index is 13.5. The molecule has 0 aromatic carbocycles. The number of phosphoric acid groups is 4. The lowest BCUT2D eigenvalue weighted by molar-refractivity contribution is -0.137. The van der Waals surface area contributed by atoms with Crippen LogP contribution in [-0.2, 0) is 58.8 Å². The average Bonchev–Trinajstić information content (AvgIpc) is 3.44. The summed E-state index contributed by atoms with van der Waals surface area (Å²) >= 11 is 0. The van der Waals surface area contributed by atoms with Crippen LogP contribution >= 0.6 is 31.3 Å². The molecule has 2 aromatic heterocycles. The van der Waals surface area contributed by atoms with E-state index in [9.17, 15) is 57.8 Å². The zero-order valence-corrected chi connectivity index (χ0v) is 27.6. The SMILES string of the molecule is COP(=O)(OC1O[C@@H](n2ccc(N)nc2=O)C[C@@H]1O)OP(=O)(OP(=O)(O)O)OP(=O)(OC)O[C@H]1O[C@@H](n2ccc(=O)[nH]c2=O)[C@H](O)[C@@H]1O. The zero-order valence-electron chi connectivity index (χ0n) is 24.0. The normalized spacial score (nSPS) is 30.0. The molecule has 0 aliphatic carbocycles. The molecule has 0 bridgehead atoms. The smallest absolute Gasteiger partial charge is 0.388 e. The topological polar surface area (TPSA) is 368 Å². The van der Waals surface area contributed by atoms with Gasteiger partial charge in [0.25, 0.3) is 5.56 Å². The predicted octanol–water partition coefficient (Wildman–Crippen LogP) is -1.65. The molecule has 0 saturated carbocycles. The molecule has 270 valence electrons. The Morgan fingerprint density at radius 1 is 0.854 bits per heavy atom. The minimum absolute atomic E-state index is 0.146. The summed E-state index contributed by atoms with van der Waals surface area (Å²) in [5, 5.41) is 31.2. The summed E-state index contributed by atoms with van der Waals surface area (Å²) in [5.41, 5.74) is 2.53. The van der Waals surface area contributed by atoms with Crippen LogP contribution in [0, 0.1) is 0 Å². The fourth-order valence-corrected chi connectivity index (χ4v) is 10.0. The quantitative estimate of drug-likeness (QED) is 0.106. The molecule has 0 spiro atoms. The van der Waals surface area contributed by atoms with E-state index in [1.165, 1.54) is 6.07 Å². The summed E-state index contributed by atoms with van der Waals surface area (Å²) in [5.74, 6) is -0.146. The summed E-state index contributed by atoms with van der Waals surface area (Å²) in [4.78, 5) is 59.6. The summed E-state index contributed by atoms with van der Waals surface area (Å²) < 4.78 is 95.6. The number of nitrogens with zero attached hydrogens (tertiary/aromatic N) is 3. The molecule has 8 N–H and O–H groups in total. The number of nitrogens with two attached hydrogens (primary N) is 1. The molecule has 2 aliphatic rings. The van der Waals surface area contributed by atoms with Crippen molar-refractivity contribution >= 4 is 37.1 Å². The van der Waals surface area contributed by atoms with Gasteiger partial charge in [0.2, 0.25) is 0 Å². The molecule has 4 rings (SSSR count). The van der Waals surface area contributed by atoms with Crippen LogP contribution in [-0.4, -0.2) is 89.3 Å². The van der Waals surface area contributed by atoms with Gasteiger partial charge >= 0.3 is 42.7 Å². The van der Waals surface area contributed by atoms with Gasteiger partial charge in [-0.05, 0) is 6.07 Å². The lowest BCUT2D eigenvalue weighted by Gasteiger charge is -2.27. The van der Waals surface area contributed by atoms with Crippen molar-refractivity contribution < 1.29 is 83.9 Å². The number of aromatic amines is 1. The molecule has 2 aromatic rings. The predicted molar refractivity (Wildman–Crippen MR) is 149 cm³/mol. The second-order valence-electron chi connectivity index (χ2n) is 9.35. The van der Waals surface area contributed by atoms with E-state index in [-0.39, 0.29) is 5.82 Å². The maximum atomic E-state index is 13.5. The molecular weight excluding hydrogens is 746 g/mol. The van der Waals surface area contributed by atoms with Crippen LogP contribution in [0.15, 0.2) is 38.9 Å². The van der Waals surface area contributed by atoms with E-state index in [1.54, 1.807) is 0 Å². The van der Waals surface area contributed by atoms with Crippen LogP contribution in [0.4, 0.5) is 5.82 Å². The summed E-state index contributed by atoms with van der Waals surface area (Å²) in [6.45, 7) is 0. The number of nitrogen functional groups attached to an aromatic ring is 1. The van der Waals surface area contributed by atoms with Crippen molar-refractivity contribution in [3.05, 3.63) is 55.8 Å². The van der Waals surface area contributed by atoms with Gasteiger partial charge in [-0.25, -0.2) is 27.8 Å². The van der Waals surface area contributed by atoms with Gasteiger partial charge in [0.15, 0.2) is 18.8 Å². The number of aliphatic hydroxyl groups excluding tert-OH is 3. The molecule has 4 unspecified atom stereocenters. The first-order valence-corrected chi connectivity index (χ1v) is 18.6. The lowest BCUT2D eigenvalue weighted by Crippen LogP contribution is -2.37. The van der Waals surface area contributed by atoms with Crippen molar-refractivity contribution in [1.82, 2.24) is 19.1 Å². The number of hydrogen-bond donors (Lipinski definition) is 7. The van der Waals surface area contributed by atoms with Crippen molar-refractivity contribution in [3.63, 3.8) is 0 Å². The Morgan fingerprint density at radius 3 is 1.98 bits per heavy atom. The Morgan fingerprint density at radius 2 is 1.44 bits per heavy atom. The van der Waals surface area contributed by atoms with Crippen LogP contribution in [0.2, 0.25) is 0 Å². The number of nitrogens with one attached hydrogen (secondary N) is 1. The molecule has 0 amide bonds. The van der Waals surface area contributed by atoms with Crippen molar-refractivity contribution in [2.45, 2.75) is 49.8 Å². The van der Waals surface area contributed by atoms with Gasteiger partial charge in [-0.1, -0.05) is 0 Å². The van der Waals surface area contributed by atoms with Crippen molar-refractivity contribution in [2.24, 2.45) is 0 Å². The second-order valence-corrected chi connectivity index (χ2v) is 16.1. The molecule has 26 nitrogen and oxygen atoms in total. The second kappa shape index (κ2) is 14.5. The summed E-state index contributed by atoms with van der Waals surface area (Å²) in [6.07, 6.45) is -11.9. The van der Waals surface area contributed by atoms with Crippen molar-refractivity contribution in [2.75, 3.05) is 20.0 Å². The Bertz CT molecular complexity index is 1860. The van der Waals surface area contributed by atoms with Crippen LogP contribution < -0.4 is 22.7 Å². The van der Waals surface area contributed by atoms with Gasteiger partial charge in [-0.3, -0.25) is 37.0 Å². The molecule has 48 heavy (non-hydrogen) atoms. The molecule has 30 heteroatoms. The highest BCUT2D eigenvalue weighted by Crippen LogP contribution is 2.77. The summed E-state index contributed by atoms with van der Waals surface area (Å²) in [7, 11) is -22.3. The summed E-state index contributed by atoms with van der Waals surface area (Å²) in [6, 6.07) is 2.05. The third-order valence-corrected chi connectivity index (χ3v) is 12.7. The highest BCUT2D eigenvalue weighted by Gasteiger charge is 2.55. The Labute approximate surface area is 265 Å². The van der Waals surface area contributed by atoms with Crippen molar-refractivity contribution in [1.29, 1.82) is 0 Å². The number of aliphatic hydroxyl groups is 3. The van der Waals surface area contributed by atoms with E-state index in [2.05, 4.69) is 27.0 Å². The first-order valence-electron chi connectivity index (χ1n) is 12.7. The minimum Gasteiger partial charge on any atom is -0.388 e. The molecule has 10 atom stereocenters. The largest absolute Gasteiger partial charge is 0.501 e. The van der Waals surface area contributed by atoms with E-state index in [1.807, 2.05) is 4.98 Å². The number of anilines is 1. The Hall–Kier alpha value is -2.28. The van der Waals surface area contributed by atoms with Gasteiger partial charge in [0.05, 0.1) is 0 Å². The van der Waals surface area contributed by atoms with Crippen molar-refractivity contribution in [3.8, 4) is 0 Å². The minimum atomic E-state index is -6.26. The zero-order chi connectivity index (χ0) is 35.8. The number of aromatic nitrogens is 4. The van der Waals surface area contributed by atoms with E-state index in [4.69, 9.17) is 24.3 Å². The van der Waals surface area contributed by atoms with Gasteiger partial charge in [-0.2, -0.15) is 17.9 Å². The highest BCUT2D eigenvalue weighted by atomic mass is 31.3. The molecular formula is C18H27N5O21P4. The lowest BCUT2D eigenvalue weighted by atomic mass is 10.2. The third-order valence-electron chi connectivity index (χ3n) is 6.05. The first-order chi connectivity index (χ1) is 22.2. The van der Waals surface area contributed by atoms with E-state index in [0.29, 0.717) is 18.8 Å². The molecule has 2 fully saturated rings.